The van der Waals surface area contributed by atoms with Gasteiger partial charge in [0.1, 0.15) is 11.9 Å². The van der Waals surface area contributed by atoms with Gasteiger partial charge in [0.05, 0.1) is 11.1 Å². The first-order chi connectivity index (χ1) is 10.0. The summed E-state index contributed by atoms with van der Waals surface area (Å²) in [5, 5.41) is 17.8. The molecule has 106 valence electrons. The summed E-state index contributed by atoms with van der Waals surface area (Å²) >= 11 is 4.48. The first-order valence-electron chi connectivity index (χ1n) is 5.86. The van der Waals surface area contributed by atoms with Crippen LogP contribution in [0.2, 0.25) is 0 Å². The normalized spacial score (nSPS) is 10.1. The average molecular weight is 366 g/mol. The fraction of sp³-hybridized carbons (Fsp3) is 0.0667. The van der Waals surface area contributed by atoms with E-state index in [0.29, 0.717) is 15.8 Å². The van der Waals surface area contributed by atoms with Crippen LogP contribution in [-0.4, -0.2) is 11.1 Å². The molecule has 2 aromatic carbocycles. The third-order valence-corrected chi connectivity index (χ3v) is 4.50. The van der Waals surface area contributed by atoms with Crippen LogP contribution in [0.1, 0.15) is 21.5 Å². The third-order valence-electron chi connectivity index (χ3n) is 2.76. The van der Waals surface area contributed by atoms with E-state index < -0.39 is 11.8 Å². The Hall–Kier alpha value is -1.84. The van der Waals surface area contributed by atoms with Gasteiger partial charge < -0.3 is 5.11 Å². The lowest BCUT2D eigenvalue weighted by Crippen LogP contribution is -1.98. The number of nitrogens with zero attached hydrogens (tertiary/aromatic N) is 1. The number of halogens is 2. The van der Waals surface area contributed by atoms with E-state index in [9.17, 15) is 9.18 Å². The predicted molar refractivity (Wildman–Crippen MR) is 81.8 cm³/mol. The van der Waals surface area contributed by atoms with Gasteiger partial charge in [0.25, 0.3) is 0 Å². The van der Waals surface area contributed by atoms with E-state index in [-0.39, 0.29) is 11.1 Å². The minimum absolute atomic E-state index is 0.00938. The highest BCUT2D eigenvalue weighted by Gasteiger charge is 2.11. The van der Waals surface area contributed by atoms with Crippen molar-refractivity contribution >= 4 is 33.7 Å². The van der Waals surface area contributed by atoms with Crippen molar-refractivity contribution in [3.63, 3.8) is 0 Å². The molecule has 3 nitrogen and oxygen atoms in total. The summed E-state index contributed by atoms with van der Waals surface area (Å²) in [5.74, 6) is -1.23. The van der Waals surface area contributed by atoms with Crippen molar-refractivity contribution in [2.24, 2.45) is 0 Å². The summed E-state index contributed by atoms with van der Waals surface area (Å²) in [4.78, 5) is 11.8. The van der Waals surface area contributed by atoms with E-state index in [0.717, 1.165) is 4.90 Å². The van der Waals surface area contributed by atoms with Crippen molar-refractivity contribution < 1.29 is 14.3 Å². The molecule has 0 spiro atoms. The first kappa shape index (κ1) is 15.5. The molecule has 1 N–H and O–H groups in total. The molecule has 0 aliphatic carbocycles. The molecule has 0 aromatic heterocycles. The topological polar surface area (TPSA) is 61.1 Å². The molecule has 0 saturated carbocycles. The number of benzene rings is 2. The molecule has 2 aromatic rings. The molecule has 0 amide bonds. The number of rotatable bonds is 4. The smallest absolute Gasteiger partial charge is 0.336 e. The Morgan fingerprint density at radius 3 is 2.81 bits per heavy atom. The average Bonchev–Trinajstić information content (AvgIpc) is 2.47. The third kappa shape index (κ3) is 3.63. The maximum Gasteiger partial charge on any atom is 0.336 e. The van der Waals surface area contributed by atoms with Crippen LogP contribution in [0.5, 0.6) is 0 Å². The van der Waals surface area contributed by atoms with Gasteiger partial charge in [-0.1, -0.05) is 12.1 Å². The Bertz CT molecular complexity index is 743. The summed E-state index contributed by atoms with van der Waals surface area (Å²) in [7, 11) is 0. The second-order valence-corrected chi connectivity index (χ2v) is 6.03. The zero-order valence-electron chi connectivity index (χ0n) is 10.6. The second-order valence-electron chi connectivity index (χ2n) is 4.13. The summed E-state index contributed by atoms with van der Waals surface area (Å²) in [6, 6.07) is 11.4. The number of carbonyl (C=O) groups is 1. The molecule has 0 heterocycles. The molecule has 0 aliphatic rings. The number of hydrogen-bond acceptors (Lipinski definition) is 3. The molecule has 0 fully saturated rings. The van der Waals surface area contributed by atoms with E-state index in [1.807, 2.05) is 0 Å². The molecule has 0 atom stereocenters. The van der Waals surface area contributed by atoms with Crippen LogP contribution in [0.3, 0.4) is 0 Å². The highest BCUT2D eigenvalue weighted by Crippen LogP contribution is 2.28. The Balaban J connectivity index is 2.20. The number of carboxylic acid groups (broad SMARTS) is 1. The largest absolute Gasteiger partial charge is 0.478 e. The summed E-state index contributed by atoms with van der Waals surface area (Å²) in [6.45, 7) is 0. The van der Waals surface area contributed by atoms with Gasteiger partial charge in [0.2, 0.25) is 0 Å². The lowest BCUT2D eigenvalue weighted by molar-refractivity contribution is 0.0695. The molecule has 0 bridgehead atoms. The minimum Gasteiger partial charge on any atom is -0.478 e. The van der Waals surface area contributed by atoms with Crippen molar-refractivity contribution in [2.75, 3.05) is 0 Å². The van der Waals surface area contributed by atoms with E-state index >= 15 is 0 Å². The monoisotopic (exact) mass is 365 g/mol. The van der Waals surface area contributed by atoms with Gasteiger partial charge in [-0.3, -0.25) is 0 Å². The zero-order valence-corrected chi connectivity index (χ0v) is 13.0. The van der Waals surface area contributed by atoms with Crippen LogP contribution >= 0.6 is 27.7 Å². The Kier molecular flexibility index (Phi) is 4.99. The number of hydrogen-bond donors (Lipinski definition) is 1. The maximum atomic E-state index is 13.9. The van der Waals surface area contributed by atoms with Crippen LogP contribution in [0.25, 0.3) is 0 Å². The highest BCUT2D eigenvalue weighted by atomic mass is 79.9. The summed E-state index contributed by atoms with van der Waals surface area (Å²) in [6.07, 6.45) is 0. The van der Waals surface area contributed by atoms with Crippen molar-refractivity contribution in [3.8, 4) is 6.07 Å². The van der Waals surface area contributed by atoms with Crippen molar-refractivity contribution in [1.82, 2.24) is 0 Å². The number of nitriles is 1. The highest BCUT2D eigenvalue weighted by molar-refractivity contribution is 9.10. The molecule has 0 saturated heterocycles. The molecule has 6 heteroatoms. The number of thioether (sulfide) groups is 1. The number of carboxylic acids is 1. The van der Waals surface area contributed by atoms with E-state index in [4.69, 9.17) is 10.4 Å². The SMILES string of the molecule is N#Cc1cccc(CSc2ccc(Br)c(C(=O)O)c2)c1F. The zero-order chi connectivity index (χ0) is 15.4. The molecule has 21 heavy (non-hydrogen) atoms. The lowest BCUT2D eigenvalue weighted by Gasteiger charge is -2.06. The Labute approximate surface area is 133 Å². The maximum absolute atomic E-state index is 13.9. The molecule has 0 unspecified atom stereocenters. The van der Waals surface area contributed by atoms with Gasteiger partial charge in [0.15, 0.2) is 0 Å². The van der Waals surface area contributed by atoms with Gasteiger partial charge in [0, 0.05) is 15.1 Å². The van der Waals surface area contributed by atoms with Crippen molar-refractivity contribution in [3.05, 3.63) is 63.4 Å². The van der Waals surface area contributed by atoms with Gasteiger partial charge in [-0.2, -0.15) is 5.26 Å². The predicted octanol–water partition coefficient (Wildman–Crippen LogP) is 4.45. The molecule has 2 rings (SSSR count). The number of aromatic carboxylic acids is 1. The molecule has 0 aliphatic heterocycles. The first-order valence-corrected chi connectivity index (χ1v) is 7.64. The molecular formula is C15H9BrFNO2S. The van der Waals surface area contributed by atoms with Crippen molar-refractivity contribution in [1.29, 1.82) is 5.26 Å². The summed E-state index contributed by atoms with van der Waals surface area (Å²) in [5.41, 5.74) is 0.584. The van der Waals surface area contributed by atoms with Gasteiger partial charge in [-0.25, -0.2) is 9.18 Å². The van der Waals surface area contributed by atoms with Crippen LogP contribution in [0.15, 0.2) is 45.8 Å². The Morgan fingerprint density at radius 1 is 1.38 bits per heavy atom. The standard InChI is InChI=1S/C15H9BrFNO2S/c16-13-5-4-11(6-12(13)15(19)20)21-8-10-3-1-2-9(7-18)14(10)17/h1-6H,8H2,(H,19,20). The van der Waals surface area contributed by atoms with E-state index in [2.05, 4.69) is 15.9 Å². The fourth-order valence-corrected chi connectivity index (χ4v) is 3.02. The van der Waals surface area contributed by atoms with Gasteiger partial charge in [-0.05, 0) is 45.8 Å². The molecular weight excluding hydrogens is 357 g/mol. The quantitative estimate of drug-likeness (QED) is 0.813. The van der Waals surface area contributed by atoms with E-state index in [1.54, 1.807) is 30.3 Å². The molecule has 0 radical (unpaired) electrons. The summed E-state index contributed by atoms with van der Waals surface area (Å²) < 4.78 is 14.4. The van der Waals surface area contributed by atoms with Gasteiger partial charge in [-0.15, -0.1) is 11.8 Å². The lowest BCUT2D eigenvalue weighted by atomic mass is 10.1. The van der Waals surface area contributed by atoms with Crippen LogP contribution < -0.4 is 0 Å². The Morgan fingerprint density at radius 2 is 2.14 bits per heavy atom. The van der Waals surface area contributed by atoms with Gasteiger partial charge >= 0.3 is 5.97 Å². The van der Waals surface area contributed by atoms with Crippen LogP contribution in [0, 0.1) is 17.1 Å². The fourth-order valence-electron chi connectivity index (χ4n) is 1.70. The second kappa shape index (κ2) is 6.74. The van der Waals surface area contributed by atoms with Crippen LogP contribution in [-0.2, 0) is 5.75 Å². The minimum atomic E-state index is -1.03. The van der Waals surface area contributed by atoms with Crippen LogP contribution in [0.4, 0.5) is 4.39 Å². The van der Waals surface area contributed by atoms with E-state index in [1.165, 1.54) is 23.9 Å². The van der Waals surface area contributed by atoms with Crippen molar-refractivity contribution in [2.45, 2.75) is 10.6 Å².